The summed E-state index contributed by atoms with van der Waals surface area (Å²) >= 11 is 0. The van der Waals surface area contributed by atoms with Crippen LogP contribution < -0.4 is 0 Å². The first-order valence-electron chi connectivity index (χ1n) is 7.33. The standard InChI is InChI=1S/C16H20N2O2/c1-2-9-17-10-3-4-14-15-11-13(18(19)20)7-5-12(15)6-8-16(14)17/h2,5,7,11,14,16H,1,3-4,6,8-10H2. The summed E-state index contributed by atoms with van der Waals surface area (Å²) in [5, 5.41) is 11.0. The van der Waals surface area contributed by atoms with Crippen molar-refractivity contribution in [2.24, 2.45) is 0 Å². The maximum Gasteiger partial charge on any atom is 0.269 e. The van der Waals surface area contributed by atoms with E-state index in [-0.39, 0.29) is 10.6 Å². The number of aryl methyl sites for hydroxylation is 1. The number of non-ortho nitro benzene ring substituents is 1. The van der Waals surface area contributed by atoms with Gasteiger partial charge in [-0.1, -0.05) is 12.1 Å². The van der Waals surface area contributed by atoms with Gasteiger partial charge < -0.3 is 0 Å². The quantitative estimate of drug-likeness (QED) is 0.482. The number of fused-ring (bicyclic) bond motifs is 3. The Hall–Kier alpha value is -1.68. The van der Waals surface area contributed by atoms with E-state index < -0.39 is 0 Å². The van der Waals surface area contributed by atoms with Crippen LogP contribution in [-0.4, -0.2) is 29.0 Å². The molecule has 1 saturated heterocycles. The molecule has 20 heavy (non-hydrogen) atoms. The van der Waals surface area contributed by atoms with Crippen molar-refractivity contribution in [2.45, 2.75) is 37.6 Å². The molecule has 1 fully saturated rings. The van der Waals surface area contributed by atoms with Crippen molar-refractivity contribution in [3.05, 3.63) is 52.1 Å². The molecule has 0 N–H and O–H groups in total. The smallest absolute Gasteiger partial charge is 0.269 e. The van der Waals surface area contributed by atoms with Gasteiger partial charge in [0.1, 0.15) is 0 Å². The zero-order valence-corrected chi connectivity index (χ0v) is 11.6. The summed E-state index contributed by atoms with van der Waals surface area (Å²) in [6.07, 6.45) is 6.46. The van der Waals surface area contributed by atoms with Crippen LogP contribution in [0.3, 0.4) is 0 Å². The van der Waals surface area contributed by atoms with E-state index in [0.717, 1.165) is 38.8 Å². The lowest BCUT2D eigenvalue weighted by Crippen LogP contribution is -2.46. The highest BCUT2D eigenvalue weighted by molar-refractivity contribution is 5.44. The number of piperidine rings is 1. The fourth-order valence-corrected chi connectivity index (χ4v) is 3.84. The van der Waals surface area contributed by atoms with Crippen LogP contribution in [0.2, 0.25) is 0 Å². The molecule has 3 rings (SSSR count). The number of benzene rings is 1. The molecule has 0 aromatic heterocycles. The van der Waals surface area contributed by atoms with E-state index in [1.807, 2.05) is 18.2 Å². The lowest BCUT2D eigenvalue weighted by molar-refractivity contribution is -0.385. The Bertz CT molecular complexity index is 541. The topological polar surface area (TPSA) is 46.4 Å². The van der Waals surface area contributed by atoms with Gasteiger partial charge in [0.2, 0.25) is 0 Å². The summed E-state index contributed by atoms with van der Waals surface area (Å²) in [7, 11) is 0. The largest absolute Gasteiger partial charge is 0.296 e. The monoisotopic (exact) mass is 272 g/mol. The van der Waals surface area contributed by atoms with Gasteiger partial charge in [0, 0.05) is 30.6 Å². The van der Waals surface area contributed by atoms with Crippen molar-refractivity contribution in [1.29, 1.82) is 0 Å². The molecular formula is C16H20N2O2. The second kappa shape index (κ2) is 5.37. The van der Waals surface area contributed by atoms with Crippen LogP contribution in [0.25, 0.3) is 0 Å². The van der Waals surface area contributed by atoms with Gasteiger partial charge in [-0.2, -0.15) is 0 Å². The third-order valence-electron chi connectivity index (χ3n) is 4.71. The van der Waals surface area contributed by atoms with E-state index in [2.05, 4.69) is 11.5 Å². The number of nitrogens with zero attached hydrogens (tertiary/aromatic N) is 2. The Morgan fingerprint density at radius 3 is 3.05 bits per heavy atom. The van der Waals surface area contributed by atoms with E-state index in [9.17, 15) is 10.1 Å². The number of nitro groups is 1. The first-order chi connectivity index (χ1) is 9.70. The fraction of sp³-hybridized carbons (Fsp3) is 0.500. The van der Waals surface area contributed by atoms with Crippen LogP contribution in [0.1, 0.15) is 36.3 Å². The minimum atomic E-state index is -0.284. The summed E-state index contributed by atoms with van der Waals surface area (Å²) in [5.74, 6) is 0.451. The minimum Gasteiger partial charge on any atom is -0.296 e. The number of hydrogen-bond acceptors (Lipinski definition) is 3. The number of likely N-dealkylation sites (tertiary alicyclic amines) is 1. The maximum atomic E-state index is 11.0. The van der Waals surface area contributed by atoms with E-state index in [1.165, 1.54) is 11.1 Å². The molecule has 1 aromatic rings. The Labute approximate surface area is 119 Å². The van der Waals surface area contributed by atoms with Crippen LogP contribution >= 0.6 is 0 Å². The molecule has 2 atom stereocenters. The van der Waals surface area contributed by atoms with Crippen LogP contribution in [-0.2, 0) is 6.42 Å². The number of rotatable bonds is 3. The second-order valence-electron chi connectivity index (χ2n) is 5.78. The highest BCUT2D eigenvalue weighted by atomic mass is 16.6. The average Bonchev–Trinajstić information content (AvgIpc) is 2.47. The molecule has 1 aliphatic carbocycles. The summed E-state index contributed by atoms with van der Waals surface area (Å²) < 4.78 is 0. The maximum absolute atomic E-state index is 11.0. The Kier molecular flexibility index (Phi) is 3.57. The highest BCUT2D eigenvalue weighted by Gasteiger charge is 2.36. The Balaban J connectivity index is 1.95. The number of hydrogen-bond donors (Lipinski definition) is 0. The van der Waals surface area contributed by atoms with Gasteiger partial charge in [-0.25, -0.2) is 0 Å². The van der Waals surface area contributed by atoms with Crippen molar-refractivity contribution < 1.29 is 4.92 Å². The first-order valence-corrected chi connectivity index (χ1v) is 7.33. The SMILES string of the molecule is C=CCN1CCCC2c3cc([N+](=O)[O-])ccc3CCC21. The molecule has 2 aliphatic rings. The lowest BCUT2D eigenvalue weighted by atomic mass is 9.74. The van der Waals surface area contributed by atoms with Crippen molar-refractivity contribution >= 4 is 5.69 Å². The Morgan fingerprint density at radius 2 is 2.30 bits per heavy atom. The zero-order valence-electron chi connectivity index (χ0n) is 11.6. The molecule has 1 aromatic carbocycles. The van der Waals surface area contributed by atoms with Gasteiger partial charge in [0.25, 0.3) is 5.69 Å². The molecule has 106 valence electrons. The molecule has 0 saturated carbocycles. The normalized spacial score (nSPS) is 25.6. The number of nitro benzene ring substituents is 1. The van der Waals surface area contributed by atoms with Gasteiger partial charge in [-0.05, 0) is 43.4 Å². The molecule has 0 bridgehead atoms. The van der Waals surface area contributed by atoms with Gasteiger partial charge in [-0.3, -0.25) is 15.0 Å². The third kappa shape index (κ3) is 2.24. The first kappa shape index (κ1) is 13.3. The molecule has 4 heteroatoms. The highest BCUT2D eigenvalue weighted by Crippen LogP contribution is 2.41. The van der Waals surface area contributed by atoms with E-state index >= 15 is 0 Å². The minimum absolute atomic E-state index is 0.227. The summed E-state index contributed by atoms with van der Waals surface area (Å²) in [6, 6.07) is 5.93. The van der Waals surface area contributed by atoms with Gasteiger partial charge >= 0.3 is 0 Å². The molecular weight excluding hydrogens is 252 g/mol. The average molecular weight is 272 g/mol. The van der Waals surface area contributed by atoms with Crippen LogP contribution in [0.15, 0.2) is 30.9 Å². The van der Waals surface area contributed by atoms with Crippen molar-refractivity contribution in [2.75, 3.05) is 13.1 Å². The van der Waals surface area contributed by atoms with E-state index in [1.54, 1.807) is 6.07 Å². The summed E-state index contributed by atoms with van der Waals surface area (Å²) in [4.78, 5) is 13.2. The predicted molar refractivity (Wildman–Crippen MR) is 79.0 cm³/mol. The summed E-state index contributed by atoms with van der Waals surface area (Å²) in [5.41, 5.74) is 2.74. The molecule has 2 unspecified atom stereocenters. The van der Waals surface area contributed by atoms with Gasteiger partial charge in [0.15, 0.2) is 0 Å². The zero-order chi connectivity index (χ0) is 14.1. The van der Waals surface area contributed by atoms with Crippen molar-refractivity contribution in [3.63, 3.8) is 0 Å². The lowest BCUT2D eigenvalue weighted by Gasteiger charge is -2.44. The van der Waals surface area contributed by atoms with Crippen molar-refractivity contribution in [1.82, 2.24) is 4.90 Å². The molecule has 1 aliphatic heterocycles. The van der Waals surface area contributed by atoms with Crippen LogP contribution in [0.4, 0.5) is 5.69 Å². The fourth-order valence-electron chi connectivity index (χ4n) is 3.84. The molecule has 0 spiro atoms. The van der Waals surface area contributed by atoms with E-state index in [4.69, 9.17) is 0 Å². The second-order valence-corrected chi connectivity index (χ2v) is 5.78. The summed E-state index contributed by atoms with van der Waals surface area (Å²) in [6.45, 7) is 5.89. The van der Waals surface area contributed by atoms with Gasteiger partial charge in [0.05, 0.1) is 4.92 Å². The molecule has 0 radical (unpaired) electrons. The van der Waals surface area contributed by atoms with Crippen LogP contribution in [0, 0.1) is 10.1 Å². The third-order valence-corrected chi connectivity index (χ3v) is 4.71. The molecule has 4 nitrogen and oxygen atoms in total. The van der Waals surface area contributed by atoms with E-state index in [0.29, 0.717) is 12.0 Å². The Morgan fingerprint density at radius 1 is 1.45 bits per heavy atom. The van der Waals surface area contributed by atoms with Crippen LogP contribution in [0.5, 0.6) is 0 Å². The van der Waals surface area contributed by atoms with Crippen molar-refractivity contribution in [3.8, 4) is 0 Å². The molecule has 0 amide bonds. The molecule has 1 heterocycles. The van der Waals surface area contributed by atoms with Gasteiger partial charge in [-0.15, -0.1) is 6.58 Å². The predicted octanol–water partition coefficient (Wildman–Crippen LogP) is 3.28.